The maximum atomic E-state index is 14.5. The number of anilines is 1. The molecule has 2 aromatic carbocycles. The third-order valence-corrected chi connectivity index (χ3v) is 6.67. The molecule has 1 aromatic heterocycles. The molecule has 2 N–H and O–H groups in total. The van der Waals surface area contributed by atoms with E-state index in [-0.39, 0.29) is 17.7 Å². The highest BCUT2D eigenvalue weighted by molar-refractivity contribution is 5.92. The van der Waals surface area contributed by atoms with Crippen molar-refractivity contribution in [2.24, 2.45) is 0 Å². The zero-order valence-electron chi connectivity index (χ0n) is 19.5. The zero-order chi connectivity index (χ0) is 25.4. The number of morpholine rings is 1. The van der Waals surface area contributed by atoms with Crippen molar-refractivity contribution in [1.82, 2.24) is 10.3 Å². The molecule has 3 aromatic rings. The molecule has 0 saturated carbocycles. The van der Waals surface area contributed by atoms with Crippen molar-refractivity contribution in [2.75, 3.05) is 38.3 Å². The van der Waals surface area contributed by atoms with Gasteiger partial charge in [-0.3, -0.25) is 4.98 Å². The van der Waals surface area contributed by atoms with Crippen molar-refractivity contribution in [1.29, 1.82) is 0 Å². The van der Waals surface area contributed by atoms with Crippen LogP contribution in [0.4, 0.5) is 23.2 Å². The summed E-state index contributed by atoms with van der Waals surface area (Å²) < 4.78 is 65.4. The van der Waals surface area contributed by atoms with E-state index in [1.165, 1.54) is 31.5 Å². The molecule has 6 nitrogen and oxygen atoms in total. The lowest BCUT2D eigenvalue weighted by Crippen LogP contribution is -2.57. The molecular weight excluding hydrogens is 478 g/mol. The second-order valence-corrected chi connectivity index (χ2v) is 8.90. The lowest BCUT2D eigenvalue weighted by molar-refractivity contribution is -0.137. The largest absolute Gasteiger partial charge is 0.507 e. The number of phenols is 1. The van der Waals surface area contributed by atoms with Gasteiger partial charge in [-0.25, -0.2) is 4.39 Å². The fourth-order valence-corrected chi connectivity index (χ4v) is 4.95. The third kappa shape index (κ3) is 4.70. The third-order valence-electron chi connectivity index (χ3n) is 6.67. The summed E-state index contributed by atoms with van der Waals surface area (Å²) in [6, 6.07) is 7.34. The summed E-state index contributed by atoms with van der Waals surface area (Å²) in [6.07, 6.45) is -0.824. The quantitative estimate of drug-likeness (QED) is 0.496. The second-order valence-electron chi connectivity index (χ2n) is 8.90. The Hall–Kier alpha value is -3.37. The normalized spacial score (nSPS) is 20.2. The van der Waals surface area contributed by atoms with Gasteiger partial charge in [0.15, 0.2) is 0 Å². The van der Waals surface area contributed by atoms with Crippen molar-refractivity contribution < 1.29 is 32.1 Å². The first-order chi connectivity index (χ1) is 17.2. The first kappa shape index (κ1) is 24.3. The molecule has 0 aliphatic carbocycles. The summed E-state index contributed by atoms with van der Waals surface area (Å²) in [7, 11) is 1.44. The Labute approximate surface area is 205 Å². The molecule has 3 heterocycles. The van der Waals surface area contributed by atoms with Gasteiger partial charge in [-0.1, -0.05) is 0 Å². The molecule has 0 spiro atoms. The van der Waals surface area contributed by atoms with Crippen molar-refractivity contribution in [3.63, 3.8) is 0 Å². The highest BCUT2D eigenvalue weighted by Gasteiger charge is 2.35. The van der Waals surface area contributed by atoms with Crippen LogP contribution in [0.2, 0.25) is 0 Å². The Bertz CT molecular complexity index is 1270. The molecule has 0 bridgehead atoms. The molecule has 2 aliphatic rings. The minimum atomic E-state index is -4.59. The number of hydrogen-bond donors (Lipinski definition) is 2. The average Bonchev–Trinajstić information content (AvgIpc) is 2.87. The van der Waals surface area contributed by atoms with Crippen LogP contribution >= 0.6 is 0 Å². The lowest BCUT2D eigenvalue weighted by atomic mass is 9.93. The van der Waals surface area contributed by atoms with Crippen LogP contribution in [0.1, 0.15) is 12.0 Å². The summed E-state index contributed by atoms with van der Waals surface area (Å²) in [5.74, 6) is -0.707. The Morgan fingerprint density at radius 3 is 2.67 bits per heavy atom. The standard InChI is InChI=1S/C26H25F4N3O3/c1-35-18-9-15(8-17(27)11-18)20-12-31-13-21(19-3-2-16(10-23(19)34)26(28,29)30)25(20)33-6-4-22-24(14-33)36-7-5-32-22/h2-3,8-13,22,24,32,34H,4-7,14H2,1H3/t22-,24-/m1/s1. The van der Waals surface area contributed by atoms with E-state index in [2.05, 4.69) is 15.2 Å². The van der Waals surface area contributed by atoms with Crippen LogP contribution in [-0.2, 0) is 10.9 Å². The number of aromatic hydroxyl groups is 1. The van der Waals surface area contributed by atoms with Gasteiger partial charge < -0.3 is 24.8 Å². The van der Waals surface area contributed by atoms with E-state index in [0.29, 0.717) is 53.9 Å². The van der Waals surface area contributed by atoms with Crippen LogP contribution in [0.25, 0.3) is 22.3 Å². The van der Waals surface area contributed by atoms with Gasteiger partial charge >= 0.3 is 6.18 Å². The van der Waals surface area contributed by atoms with E-state index in [9.17, 15) is 22.7 Å². The minimum absolute atomic E-state index is 0.0930. The summed E-state index contributed by atoms with van der Waals surface area (Å²) >= 11 is 0. The Morgan fingerprint density at radius 2 is 1.92 bits per heavy atom. The van der Waals surface area contributed by atoms with Crippen LogP contribution in [0.5, 0.6) is 11.5 Å². The number of phenolic OH excluding ortho intramolecular Hbond substituents is 1. The molecule has 0 unspecified atom stereocenters. The van der Waals surface area contributed by atoms with Gasteiger partial charge in [-0.15, -0.1) is 0 Å². The van der Waals surface area contributed by atoms with E-state index >= 15 is 0 Å². The molecule has 190 valence electrons. The van der Waals surface area contributed by atoms with E-state index in [1.807, 2.05) is 0 Å². The summed E-state index contributed by atoms with van der Waals surface area (Å²) in [5.41, 5.74) is 1.36. The number of rotatable bonds is 4. The number of alkyl halides is 3. The average molecular weight is 503 g/mol. The van der Waals surface area contributed by atoms with Crippen molar-refractivity contribution in [2.45, 2.75) is 24.7 Å². The summed E-state index contributed by atoms with van der Waals surface area (Å²) in [6.45, 7) is 2.48. The molecule has 2 aliphatic heterocycles. The fraction of sp³-hybridized carbons (Fsp3) is 0.346. The fourth-order valence-electron chi connectivity index (χ4n) is 4.95. The lowest BCUT2D eigenvalue weighted by Gasteiger charge is -2.43. The predicted octanol–water partition coefficient (Wildman–Crippen LogP) is 4.85. The molecule has 2 saturated heterocycles. The number of fused-ring (bicyclic) bond motifs is 1. The Morgan fingerprint density at radius 1 is 1.11 bits per heavy atom. The number of benzene rings is 2. The molecular formula is C26H25F4N3O3. The number of piperidine rings is 1. The molecule has 0 radical (unpaired) electrons. The number of nitrogens with zero attached hydrogens (tertiary/aromatic N) is 2. The number of aromatic nitrogens is 1. The SMILES string of the molecule is COc1cc(F)cc(-c2cncc(-c3ccc(C(F)(F)F)cc3O)c2N2CC[C@H]3NCCO[C@@H]3C2)c1. The highest BCUT2D eigenvalue weighted by Crippen LogP contribution is 2.45. The number of nitrogens with one attached hydrogen (secondary N) is 1. The Balaban J connectivity index is 1.67. The van der Waals surface area contributed by atoms with E-state index in [4.69, 9.17) is 9.47 Å². The van der Waals surface area contributed by atoms with Gasteiger partial charge in [0.25, 0.3) is 0 Å². The van der Waals surface area contributed by atoms with Crippen LogP contribution in [0.15, 0.2) is 48.8 Å². The van der Waals surface area contributed by atoms with Gasteiger partial charge in [0, 0.05) is 60.8 Å². The first-order valence-electron chi connectivity index (χ1n) is 11.6. The van der Waals surface area contributed by atoms with Crippen LogP contribution in [0.3, 0.4) is 0 Å². The first-order valence-corrected chi connectivity index (χ1v) is 11.6. The summed E-state index contributed by atoms with van der Waals surface area (Å²) in [5, 5.41) is 14.1. The monoisotopic (exact) mass is 503 g/mol. The number of hydrogen-bond acceptors (Lipinski definition) is 6. The predicted molar refractivity (Wildman–Crippen MR) is 127 cm³/mol. The molecule has 36 heavy (non-hydrogen) atoms. The number of pyridine rings is 1. The number of halogens is 4. The maximum Gasteiger partial charge on any atom is 0.416 e. The van der Waals surface area contributed by atoms with Crippen LogP contribution in [0, 0.1) is 5.82 Å². The second kappa shape index (κ2) is 9.59. The topological polar surface area (TPSA) is 66.9 Å². The van der Waals surface area contributed by atoms with Crippen LogP contribution in [-0.4, -0.2) is 55.6 Å². The number of ether oxygens (including phenoxy) is 2. The van der Waals surface area contributed by atoms with Crippen LogP contribution < -0.4 is 15.0 Å². The van der Waals surface area contributed by atoms with Gasteiger partial charge in [-0.05, 0) is 42.3 Å². The molecule has 0 amide bonds. The minimum Gasteiger partial charge on any atom is -0.507 e. The molecule has 2 atom stereocenters. The van der Waals surface area contributed by atoms with Crippen molar-refractivity contribution >= 4 is 5.69 Å². The van der Waals surface area contributed by atoms with Gasteiger partial charge in [0.2, 0.25) is 0 Å². The molecule has 5 rings (SSSR count). The van der Waals surface area contributed by atoms with Gasteiger partial charge in [-0.2, -0.15) is 13.2 Å². The van der Waals surface area contributed by atoms with Gasteiger partial charge in [0.05, 0.1) is 31.1 Å². The maximum absolute atomic E-state index is 14.5. The number of methoxy groups -OCH3 is 1. The summed E-state index contributed by atoms with van der Waals surface area (Å²) in [4.78, 5) is 6.37. The van der Waals surface area contributed by atoms with E-state index in [1.54, 1.807) is 12.3 Å². The van der Waals surface area contributed by atoms with Gasteiger partial charge in [0.1, 0.15) is 17.3 Å². The van der Waals surface area contributed by atoms with Crippen molar-refractivity contribution in [3.05, 3.63) is 60.2 Å². The smallest absolute Gasteiger partial charge is 0.416 e. The Kier molecular flexibility index (Phi) is 6.48. The molecule has 10 heteroatoms. The van der Waals surface area contributed by atoms with Crippen molar-refractivity contribution in [3.8, 4) is 33.8 Å². The van der Waals surface area contributed by atoms with E-state index in [0.717, 1.165) is 19.0 Å². The zero-order valence-corrected chi connectivity index (χ0v) is 19.5. The molecule has 2 fully saturated rings. The highest BCUT2D eigenvalue weighted by atomic mass is 19.4. The van der Waals surface area contributed by atoms with E-state index < -0.39 is 23.3 Å².